The molecule has 0 amide bonds. The van der Waals surface area contributed by atoms with E-state index in [1.54, 1.807) is 0 Å². The number of rotatable bonds is 2. The summed E-state index contributed by atoms with van der Waals surface area (Å²) < 4.78 is 21.3. The van der Waals surface area contributed by atoms with Crippen molar-refractivity contribution < 1.29 is 13.4 Å². The van der Waals surface area contributed by atoms with Crippen LogP contribution in [-0.2, 0) is 16.4 Å². The Balaban J connectivity index is 1.59. The van der Waals surface area contributed by atoms with Crippen LogP contribution in [0, 0.1) is 0 Å². The average molecular weight is 409 g/mol. The Morgan fingerprint density at radius 3 is 2.52 bits per heavy atom. The van der Waals surface area contributed by atoms with E-state index in [2.05, 4.69) is 25.8 Å². The Morgan fingerprint density at radius 1 is 1.03 bits per heavy atom. The predicted molar refractivity (Wildman–Crippen MR) is 114 cm³/mol. The van der Waals surface area contributed by atoms with Crippen molar-refractivity contribution in [3.8, 4) is 0 Å². The van der Waals surface area contributed by atoms with Crippen LogP contribution in [0.1, 0.15) is 41.1 Å². The molecule has 0 radical (unpaired) electrons. The number of nitrogens with zero attached hydrogens (tertiary/aromatic N) is 2. The molecule has 0 saturated carbocycles. The van der Waals surface area contributed by atoms with Gasteiger partial charge >= 0.3 is 0 Å². The van der Waals surface area contributed by atoms with E-state index < -0.39 is 16.4 Å². The normalized spacial score (nSPS) is 20.4. The highest BCUT2D eigenvalue weighted by atomic mass is 32.2. The standard InChI is InChI=1S/C23H24N2O3S/c1-23(2)18-14-15(29(27)25-12-10-24(3)11-13-25)8-9-16(18)21(26)20-17-6-4-5-7-19(17)28-22(20)23/h4-9,14H,10-13H2,1-3H3. The van der Waals surface area contributed by atoms with Crippen LogP contribution < -0.4 is 0 Å². The number of carbonyl (C=O) groups is 1. The molecule has 0 N–H and O–H groups in total. The smallest absolute Gasteiger partial charge is 0.197 e. The molecule has 2 aliphatic rings. The number of piperazine rings is 1. The molecule has 1 atom stereocenters. The monoisotopic (exact) mass is 408 g/mol. The number of benzene rings is 2. The highest BCUT2D eigenvalue weighted by Gasteiger charge is 2.41. The summed E-state index contributed by atoms with van der Waals surface area (Å²) in [6.07, 6.45) is 0. The summed E-state index contributed by atoms with van der Waals surface area (Å²) in [5.74, 6) is 0.676. The molecular weight excluding hydrogens is 384 g/mol. The summed E-state index contributed by atoms with van der Waals surface area (Å²) in [5, 5.41) is 0.858. The highest BCUT2D eigenvalue weighted by Crippen LogP contribution is 2.45. The third kappa shape index (κ3) is 2.81. The Labute approximate surface area is 172 Å². The molecular formula is C23H24N2O3S. The van der Waals surface area contributed by atoms with E-state index >= 15 is 0 Å². The SMILES string of the molecule is CN1CCN(S(=O)c2ccc3c(c2)C(C)(C)c2oc4ccccc4c2C3=O)CC1. The van der Waals surface area contributed by atoms with Crippen molar-refractivity contribution in [1.29, 1.82) is 0 Å². The van der Waals surface area contributed by atoms with Gasteiger partial charge in [-0.25, -0.2) is 8.51 Å². The first-order valence-corrected chi connectivity index (χ1v) is 11.0. The van der Waals surface area contributed by atoms with Crippen LogP contribution >= 0.6 is 0 Å². The van der Waals surface area contributed by atoms with Crippen molar-refractivity contribution in [2.75, 3.05) is 33.2 Å². The summed E-state index contributed by atoms with van der Waals surface area (Å²) in [5.41, 5.74) is 2.46. The number of fused-ring (bicyclic) bond motifs is 4. The fraction of sp³-hybridized carbons (Fsp3) is 0.348. The zero-order chi connectivity index (χ0) is 20.3. The molecule has 1 fully saturated rings. The molecule has 1 aliphatic heterocycles. The van der Waals surface area contributed by atoms with Crippen LogP contribution in [0.3, 0.4) is 0 Å². The Bertz CT molecular complexity index is 1160. The molecule has 1 saturated heterocycles. The molecule has 5 nitrogen and oxygen atoms in total. The second kappa shape index (κ2) is 6.62. The van der Waals surface area contributed by atoms with Crippen molar-refractivity contribution in [2.45, 2.75) is 24.2 Å². The van der Waals surface area contributed by atoms with Crippen molar-refractivity contribution in [3.63, 3.8) is 0 Å². The molecule has 150 valence electrons. The topological polar surface area (TPSA) is 53.8 Å². The zero-order valence-electron chi connectivity index (χ0n) is 16.9. The first-order valence-electron chi connectivity index (χ1n) is 9.94. The van der Waals surface area contributed by atoms with Crippen LogP contribution in [0.25, 0.3) is 11.0 Å². The highest BCUT2D eigenvalue weighted by molar-refractivity contribution is 7.82. The lowest BCUT2D eigenvalue weighted by Crippen LogP contribution is -2.45. The fourth-order valence-corrected chi connectivity index (χ4v) is 5.61. The molecule has 29 heavy (non-hydrogen) atoms. The molecule has 2 aromatic carbocycles. The second-order valence-electron chi connectivity index (χ2n) is 8.45. The van der Waals surface area contributed by atoms with Gasteiger partial charge < -0.3 is 9.32 Å². The van der Waals surface area contributed by atoms with Crippen molar-refractivity contribution >= 4 is 27.7 Å². The molecule has 1 aromatic heterocycles. The van der Waals surface area contributed by atoms with E-state index in [0.29, 0.717) is 16.9 Å². The maximum Gasteiger partial charge on any atom is 0.197 e. The van der Waals surface area contributed by atoms with Gasteiger partial charge in [-0.15, -0.1) is 0 Å². The minimum absolute atomic E-state index is 0.0174. The minimum atomic E-state index is -1.24. The van der Waals surface area contributed by atoms with Crippen molar-refractivity contribution in [1.82, 2.24) is 9.21 Å². The predicted octanol–water partition coefficient (Wildman–Crippen LogP) is 3.57. The van der Waals surface area contributed by atoms with Gasteiger partial charge in [-0.3, -0.25) is 4.79 Å². The maximum absolute atomic E-state index is 13.3. The van der Waals surface area contributed by atoms with E-state index in [9.17, 15) is 9.00 Å². The van der Waals surface area contributed by atoms with Crippen LogP contribution in [0.4, 0.5) is 0 Å². The number of para-hydroxylation sites is 1. The lowest BCUT2D eigenvalue weighted by Gasteiger charge is -2.33. The molecule has 3 aromatic rings. The Hall–Kier alpha value is -2.28. The number of likely N-dealkylation sites (N-methyl/N-ethyl adjacent to an activating group) is 1. The van der Waals surface area contributed by atoms with Crippen molar-refractivity contribution in [3.05, 3.63) is 64.9 Å². The van der Waals surface area contributed by atoms with Gasteiger partial charge in [0, 0.05) is 42.5 Å². The summed E-state index contributed by atoms with van der Waals surface area (Å²) in [4.78, 5) is 16.3. The molecule has 5 rings (SSSR count). The van der Waals surface area contributed by atoms with Crippen LogP contribution in [0.5, 0.6) is 0 Å². The second-order valence-corrected chi connectivity index (χ2v) is 9.93. The van der Waals surface area contributed by atoms with Gasteiger partial charge in [-0.05, 0) is 50.7 Å². The van der Waals surface area contributed by atoms with Crippen molar-refractivity contribution in [2.24, 2.45) is 0 Å². The zero-order valence-corrected chi connectivity index (χ0v) is 17.7. The van der Waals surface area contributed by atoms with Gasteiger partial charge in [0.1, 0.15) is 22.3 Å². The Morgan fingerprint density at radius 2 is 1.76 bits per heavy atom. The van der Waals surface area contributed by atoms with E-state index in [0.717, 1.165) is 47.6 Å². The van der Waals surface area contributed by atoms with Gasteiger partial charge in [0.25, 0.3) is 0 Å². The lowest BCUT2D eigenvalue weighted by molar-refractivity contribution is 0.102. The quantitative estimate of drug-likeness (QED) is 0.651. The largest absolute Gasteiger partial charge is 0.459 e. The van der Waals surface area contributed by atoms with Crippen LogP contribution in [-0.4, -0.2) is 52.4 Å². The van der Waals surface area contributed by atoms with Crippen LogP contribution in [0.2, 0.25) is 0 Å². The number of carbonyl (C=O) groups excluding carboxylic acids is 1. The van der Waals surface area contributed by atoms with Gasteiger partial charge in [0.05, 0.1) is 10.5 Å². The summed E-state index contributed by atoms with van der Waals surface area (Å²) in [6, 6.07) is 13.3. The van der Waals surface area contributed by atoms with E-state index in [-0.39, 0.29) is 5.78 Å². The number of hydrogen-bond acceptors (Lipinski definition) is 4. The fourth-order valence-electron chi connectivity index (χ4n) is 4.42. The first kappa shape index (κ1) is 18.7. The molecule has 2 heterocycles. The van der Waals surface area contributed by atoms with Crippen LogP contribution in [0.15, 0.2) is 51.8 Å². The molecule has 0 spiro atoms. The average Bonchev–Trinajstić information content (AvgIpc) is 3.13. The molecule has 6 heteroatoms. The summed E-state index contributed by atoms with van der Waals surface area (Å²) >= 11 is 0. The van der Waals surface area contributed by atoms with E-state index in [1.807, 2.05) is 46.8 Å². The number of hydrogen-bond donors (Lipinski definition) is 0. The van der Waals surface area contributed by atoms with E-state index in [4.69, 9.17) is 4.42 Å². The van der Waals surface area contributed by atoms with Gasteiger partial charge in [-0.2, -0.15) is 0 Å². The molecule has 0 bridgehead atoms. The third-order valence-electron chi connectivity index (χ3n) is 6.20. The number of ketones is 1. The Kier molecular flexibility index (Phi) is 4.28. The maximum atomic E-state index is 13.3. The van der Waals surface area contributed by atoms with Gasteiger partial charge in [0.2, 0.25) is 0 Å². The molecule has 1 unspecified atom stereocenters. The lowest BCUT2D eigenvalue weighted by atomic mass is 9.72. The summed E-state index contributed by atoms with van der Waals surface area (Å²) in [6.45, 7) is 7.50. The minimum Gasteiger partial charge on any atom is -0.459 e. The van der Waals surface area contributed by atoms with E-state index in [1.165, 1.54) is 0 Å². The van der Waals surface area contributed by atoms with Gasteiger partial charge in [-0.1, -0.05) is 18.2 Å². The number of furan rings is 1. The molecule has 1 aliphatic carbocycles. The first-order chi connectivity index (χ1) is 13.9. The van der Waals surface area contributed by atoms with Gasteiger partial charge in [0.15, 0.2) is 5.78 Å². The third-order valence-corrected chi connectivity index (χ3v) is 7.69. The summed E-state index contributed by atoms with van der Waals surface area (Å²) in [7, 11) is 0.846.